The molecule has 0 spiro atoms. The molecule has 0 fully saturated rings. The minimum absolute atomic E-state index is 0.0673. The molecular weight excluding hydrogens is 280 g/mol. The Kier molecular flexibility index (Phi) is 4.29. The lowest BCUT2D eigenvalue weighted by Crippen LogP contribution is -2.10. The highest BCUT2D eigenvalue weighted by Gasteiger charge is 2.14. The van der Waals surface area contributed by atoms with Crippen molar-refractivity contribution in [2.75, 3.05) is 0 Å². The Morgan fingerprint density at radius 1 is 1.20 bits per heavy atom. The van der Waals surface area contributed by atoms with Crippen LogP contribution in [0.25, 0.3) is 0 Å². The zero-order valence-electron chi connectivity index (χ0n) is 10.8. The molecule has 0 amide bonds. The third-order valence-electron chi connectivity index (χ3n) is 2.81. The summed E-state index contributed by atoms with van der Waals surface area (Å²) in [5, 5.41) is 0. The number of ether oxygens (including phenoxy) is 1. The van der Waals surface area contributed by atoms with Crippen molar-refractivity contribution in [3.05, 3.63) is 59.2 Å². The van der Waals surface area contributed by atoms with Gasteiger partial charge in [0.05, 0.1) is 0 Å². The van der Waals surface area contributed by atoms with E-state index >= 15 is 0 Å². The van der Waals surface area contributed by atoms with Crippen LogP contribution in [0.3, 0.4) is 0 Å². The summed E-state index contributed by atoms with van der Waals surface area (Å²) in [6, 6.07) is 9.18. The number of hydrogen-bond donors (Lipinski definition) is 1. The van der Waals surface area contributed by atoms with E-state index in [0.717, 1.165) is 24.1 Å². The standard InChI is InChI=1S/C15H13F2NOS/c1-2-9-4-3-5-11(6-9)19-14-12(16)7-10(15(18)20)8-13(14)17/h3-8H,2H2,1H3,(H2,18,20). The quantitative estimate of drug-likeness (QED) is 0.867. The van der Waals surface area contributed by atoms with Crippen LogP contribution in [0, 0.1) is 11.6 Å². The van der Waals surface area contributed by atoms with E-state index in [2.05, 4.69) is 0 Å². The van der Waals surface area contributed by atoms with E-state index < -0.39 is 17.4 Å². The van der Waals surface area contributed by atoms with Crippen molar-refractivity contribution in [1.82, 2.24) is 0 Å². The first-order valence-electron chi connectivity index (χ1n) is 6.07. The molecule has 0 bridgehead atoms. The summed E-state index contributed by atoms with van der Waals surface area (Å²) >= 11 is 4.69. The second-order valence-corrected chi connectivity index (χ2v) is 4.68. The van der Waals surface area contributed by atoms with Gasteiger partial charge in [0.25, 0.3) is 0 Å². The Morgan fingerprint density at radius 2 is 1.85 bits per heavy atom. The molecule has 2 nitrogen and oxygen atoms in total. The fourth-order valence-electron chi connectivity index (χ4n) is 1.75. The molecule has 0 unspecified atom stereocenters. The summed E-state index contributed by atoms with van der Waals surface area (Å²) < 4.78 is 33.0. The monoisotopic (exact) mass is 293 g/mol. The molecule has 0 radical (unpaired) electrons. The third kappa shape index (κ3) is 3.11. The van der Waals surface area contributed by atoms with Crippen LogP contribution in [0.2, 0.25) is 0 Å². The summed E-state index contributed by atoms with van der Waals surface area (Å²) in [6.07, 6.45) is 0.808. The van der Waals surface area contributed by atoms with Gasteiger partial charge in [-0.15, -0.1) is 0 Å². The molecule has 2 rings (SSSR count). The summed E-state index contributed by atoms with van der Waals surface area (Å²) in [7, 11) is 0. The SMILES string of the molecule is CCc1cccc(Oc2c(F)cc(C(N)=S)cc2F)c1. The molecule has 0 saturated heterocycles. The first-order valence-corrected chi connectivity index (χ1v) is 6.47. The van der Waals surface area contributed by atoms with Gasteiger partial charge in [-0.1, -0.05) is 31.3 Å². The molecule has 2 aromatic carbocycles. The molecule has 0 atom stereocenters. The van der Waals surface area contributed by atoms with Gasteiger partial charge in [-0.3, -0.25) is 0 Å². The highest BCUT2D eigenvalue weighted by atomic mass is 32.1. The maximum Gasteiger partial charge on any atom is 0.198 e. The molecule has 104 valence electrons. The van der Waals surface area contributed by atoms with Gasteiger partial charge in [-0.05, 0) is 36.2 Å². The fraction of sp³-hybridized carbons (Fsp3) is 0.133. The Hall–Kier alpha value is -2.01. The van der Waals surface area contributed by atoms with Crippen LogP contribution in [0.1, 0.15) is 18.1 Å². The van der Waals surface area contributed by atoms with Crippen LogP contribution in [0.15, 0.2) is 36.4 Å². The van der Waals surface area contributed by atoms with Crippen molar-refractivity contribution in [3.63, 3.8) is 0 Å². The Balaban J connectivity index is 2.36. The number of thiocarbonyl (C=S) groups is 1. The zero-order valence-corrected chi connectivity index (χ0v) is 11.6. The van der Waals surface area contributed by atoms with E-state index in [1.54, 1.807) is 18.2 Å². The van der Waals surface area contributed by atoms with Crippen LogP contribution < -0.4 is 10.5 Å². The maximum atomic E-state index is 13.9. The Bertz CT molecular complexity index is 635. The van der Waals surface area contributed by atoms with E-state index in [1.165, 1.54) is 0 Å². The smallest absolute Gasteiger partial charge is 0.198 e. The first-order chi connectivity index (χ1) is 9.51. The topological polar surface area (TPSA) is 35.2 Å². The minimum Gasteiger partial charge on any atom is -0.451 e. The fourth-order valence-corrected chi connectivity index (χ4v) is 1.86. The van der Waals surface area contributed by atoms with Gasteiger partial charge >= 0.3 is 0 Å². The van der Waals surface area contributed by atoms with E-state index in [0.29, 0.717) is 5.75 Å². The Morgan fingerprint density at radius 3 is 2.40 bits per heavy atom. The third-order valence-corrected chi connectivity index (χ3v) is 3.05. The molecule has 2 N–H and O–H groups in total. The minimum atomic E-state index is -0.838. The van der Waals surface area contributed by atoms with Crippen LogP contribution in [0.4, 0.5) is 8.78 Å². The van der Waals surface area contributed by atoms with Crippen molar-refractivity contribution < 1.29 is 13.5 Å². The predicted molar refractivity (Wildman–Crippen MR) is 78.1 cm³/mol. The summed E-state index contributed by atoms with van der Waals surface area (Å²) in [5.41, 5.74) is 6.50. The lowest BCUT2D eigenvalue weighted by Gasteiger charge is -2.10. The Labute approximate surface area is 121 Å². The van der Waals surface area contributed by atoms with Crippen molar-refractivity contribution >= 4 is 17.2 Å². The van der Waals surface area contributed by atoms with Gasteiger partial charge in [-0.2, -0.15) is 0 Å². The molecule has 0 saturated carbocycles. The normalized spacial score (nSPS) is 10.3. The van der Waals surface area contributed by atoms with Gasteiger partial charge in [0, 0.05) is 5.56 Å². The number of nitrogens with two attached hydrogens (primary N) is 1. The zero-order chi connectivity index (χ0) is 14.7. The first kappa shape index (κ1) is 14.4. The van der Waals surface area contributed by atoms with Gasteiger partial charge in [-0.25, -0.2) is 8.78 Å². The molecule has 20 heavy (non-hydrogen) atoms. The van der Waals surface area contributed by atoms with Crippen LogP contribution >= 0.6 is 12.2 Å². The lowest BCUT2D eigenvalue weighted by atomic mass is 10.1. The molecule has 0 heterocycles. The molecular formula is C15H13F2NOS. The average molecular weight is 293 g/mol. The number of rotatable bonds is 4. The van der Waals surface area contributed by atoms with Crippen molar-refractivity contribution in [2.45, 2.75) is 13.3 Å². The highest BCUT2D eigenvalue weighted by molar-refractivity contribution is 7.80. The largest absolute Gasteiger partial charge is 0.451 e. The van der Waals surface area contributed by atoms with Gasteiger partial charge in [0.1, 0.15) is 10.7 Å². The molecule has 5 heteroatoms. The van der Waals surface area contributed by atoms with E-state index in [1.807, 2.05) is 13.0 Å². The number of benzene rings is 2. The second kappa shape index (κ2) is 5.96. The average Bonchev–Trinajstić information content (AvgIpc) is 2.42. The van der Waals surface area contributed by atoms with Gasteiger partial charge < -0.3 is 10.5 Å². The molecule has 0 aliphatic heterocycles. The summed E-state index contributed by atoms with van der Waals surface area (Å²) in [6.45, 7) is 1.98. The highest BCUT2D eigenvalue weighted by Crippen LogP contribution is 2.29. The van der Waals surface area contributed by atoms with E-state index in [-0.39, 0.29) is 10.6 Å². The van der Waals surface area contributed by atoms with Crippen molar-refractivity contribution in [2.24, 2.45) is 5.73 Å². The van der Waals surface area contributed by atoms with Crippen molar-refractivity contribution in [3.8, 4) is 11.5 Å². The van der Waals surface area contributed by atoms with E-state index in [4.69, 9.17) is 22.7 Å². The molecule has 0 aliphatic carbocycles. The number of aryl methyl sites for hydroxylation is 1. The van der Waals surface area contributed by atoms with Gasteiger partial charge in [0.15, 0.2) is 17.4 Å². The van der Waals surface area contributed by atoms with E-state index in [9.17, 15) is 8.78 Å². The molecule has 0 aliphatic rings. The number of hydrogen-bond acceptors (Lipinski definition) is 2. The predicted octanol–water partition coefficient (Wildman–Crippen LogP) is 3.95. The number of halogens is 2. The summed E-state index contributed by atoms with van der Waals surface area (Å²) in [5.74, 6) is -1.76. The summed E-state index contributed by atoms with van der Waals surface area (Å²) in [4.78, 5) is -0.0673. The van der Waals surface area contributed by atoms with Gasteiger partial charge in [0.2, 0.25) is 0 Å². The van der Waals surface area contributed by atoms with Crippen molar-refractivity contribution in [1.29, 1.82) is 0 Å². The van der Waals surface area contributed by atoms with Crippen LogP contribution in [-0.2, 0) is 6.42 Å². The van der Waals surface area contributed by atoms with Crippen LogP contribution in [-0.4, -0.2) is 4.99 Å². The molecule has 0 aromatic heterocycles. The van der Waals surface area contributed by atoms with Crippen LogP contribution in [0.5, 0.6) is 11.5 Å². The molecule has 2 aromatic rings. The lowest BCUT2D eigenvalue weighted by molar-refractivity contribution is 0.407. The second-order valence-electron chi connectivity index (χ2n) is 4.24. The maximum absolute atomic E-state index is 13.9.